The molecular formula is C17H21NO2. The van der Waals surface area contributed by atoms with Gasteiger partial charge in [0, 0.05) is 6.54 Å². The molecule has 0 amide bonds. The first kappa shape index (κ1) is 14.7. The van der Waals surface area contributed by atoms with E-state index in [1.807, 2.05) is 48.5 Å². The molecule has 3 heteroatoms. The number of benzene rings is 2. The van der Waals surface area contributed by atoms with E-state index in [0.29, 0.717) is 13.2 Å². The molecule has 2 N–H and O–H groups in total. The third-order valence-corrected chi connectivity index (χ3v) is 3.11. The number of hydrogen-bond donors (Lipinski definition) is 2. The Morgan fingerprint density at radius 1 is 0.900 bits per heavy atom. The van der Waals surface area contributed by atoms with Gasteiger partial charge < -0.3 is 5.11 Å². The van der Waals surface area contributed by atoms with Gasteiger partial charge in [0.2, 0.25) is 0 Å². The lowest BCUT2D eigenvalue weighted by Crippen LogP contribution is -2.27. The van der Waals surface area contributed by atoms with Crippen LogP contribution < -0.4 is 5.48 Å². The molecule has 2 rings (SSSR count). The molecule has 106 valence electrons. The third-order valence-electron chi connectivity index (χ3n) is 3.11. The molecule has 0 unspecified atom stereocenters. The molecule has 0 aliphatic rings. The highest BCUT2D eigenvalue weighted by Crippen LogP contribution is 2.05. The van der Waals surface area contributed by atoms with E-state index in [4.69, 9.17) is 4.84 Å². The van der Waals surface area contributed by atoms with Gasteiger partial charge in [-0.2, -0.15) is 5.48 Å². The van der Waals surface area contributed by atoms with Crippen LogP contribution in [0.15, 0.2) is 60.7 Å². The van der Waals surface area contributed by atoms with Crippen LogP contribution in [-0.4, -0.2) is 17.8 Å². The van der Waals surface area contributed by atoms with E-state index in [-0.39, 0.29) is 0 Å². The van der Waals surface area contributed by atoms with Crippen LogP contribution in [0, 0.1) is 0 Å². The van der Waals surface area contributed by atoms with Crippen LogP contribution in [0.5, 0.6) is 0 Å². The molecule has 0 spiro atoms. The average molecular weight is 271 g/mol. The maximum atomic E-state index is 9.87. The van der Waals surface area contributed by atoms with Gasteiger partial charge >= 0.3 is 0 Å². The number of rotatable bonds is 8. The molecule has 0 heterocycles. The van der Waals surface area contributed by atoms with Crippen molar-refractivity contribution >= 4 is 0 Å². The summed E-state index contributed by atoms with van der Waals surface area (Å²) < 4.78 is 0. The van der Waals surface area contributed by atoms with Crippen molar-refractivity contribution < 1.29 is 9.94 Å². The predicted molar refractivity (Wildman–Crippen MR) is 80.0 cm³/mol. The Labute approximate surface area is 120 Å². The second-order valence-electron chi connectivity index (χ2n) is 4.80. The standard InChI is InChI=1S/C17H21NO2/c19-17(12-11-15-7-3-1-4-8-15)13-18-20-14-16-9-5-2-6-10-16/h1-10,17-19H,11-14H2/t17-/m1/s1. The number of hydrogen-bond acceptors (Lipinski definition) is 3. The summed E-state index contributed by atoms with van der Waals surface area (Å²) in [6.45, 7) is 0.950. The SMILES string of the molecule is O[C@H](CCc1ccccc1)CNOCc1ccccc1. The molecule has 2 aromatic rings. The normalized spacial score (nSPS) is 12.2. The van der Waals surface area contributed by atoms with Gasteiger partial charge in [0.25, 0.3) is 0 Å². The Balaban J connectivity index is 1.57. The number of aryl methyl sites for hydroxylation is 1. The summed E-state index contributed by atoms with van der Waals surface area (Å²) >= 11 is 0. The zero-order valence-corrected chi connectivity index (χ0v) is 11.5. The fraction of sp³-hybridized carbons (Fsp3) is 0.294. The molecule has 0 radical (unpaired) electrons. The molecular weight excluding hydrogens is 250 g/mol. The van der Waals surface area contributed by atoms with E-state index in [0.717, 1.165) is 18.4 Å². The maximum absolute atomic E-state index is 9.87. The molecule has 0 fully saturated rings. The van der Waals surface area contributed by atoms with Crippen LogP contribution in [0.3, 0.4) is 0 Å². The van der Waals surface area contributed by atoms with Crippen LogP contribution in [0.4, 0.5) is 0 Å². The Hall–Kier alpha value is -1.68. The van der Waals surface area contributed by atoms with E-state index >= 15 is 0 Å². The van der Waals surface area contributed by atoms with Crippen molar-refractivity contribution in [3.05, 3.63) is 71.8 Å². The second kappa shape index (κ2) is 8.48. The van der Waals surface area contributed by atoms with Gasteiger partial charge in [0.15, 0.2) is 0 Å². The smallest absolute Gasteiger partial charge is 0.0933 e. The van der Waals surface area contributed by atoms with E-state index < -0.39 is 6.10 Å². The summed E-state index contributed by atoms with van der Waals surface area (Å²) in [5, 5.41) is 9.87. The summed E-state index contributed by atoms with van der Waals surface area (Å²) in [4.78, 5) is 5.33. The molecule has 1 atom stereocenters. The number of hydroxylamine groups is 1. The molecule has 3 nitrogen and oxygen atoms in total. The molecule has 0 aromatic heterocycles. The zero-order valence-electron chi connectivity index (χ0n) is 11.5. The first-order valence-corrected chi connectivity index (χ1v) is 6.95. The van der Waals surface area contributed by atoms with Crippen molar-refractivity contribution in [2.45, 2.75) is 25.6 Å². The number of nitrogens with one attached hydrogen (secondary N) is 1. The van der Waals surface area contributed by atoms with Crippen LogP contribution in [0.25, 0.3) is 0 Å². The van der Waals surface area contributed by atoms with Crippen molar-refractivity contribution in [3.63, 3.8) is 0 Å². The van der Waals surface area contributed by atoms with Gasteiger partial charge in [-0.3, -0.25) is 4.84 Å². The second-order valence-corrected chi connectivity index (χ2v) is 4.80. The van der Waals surface area contributed by atoms with Crippen LogP contribution >= 0.6 is 0 Å². The first-order chi connectivity index (χ1) is 9.84. The molecule has 0 saturated heterocycles. The lowest BCUT2D eigenvalue weighted by Gasteiger charge is -2.12. The number of aliphatic hydroxyl groups is 1. The lowest BCUT2D eigenvalue weighted by atomic mass is 10.1. The van der Waals surface area contributed by atoms with Gasteiger partial charge in [-0.1, -0.05) is 60.7 Å². The summed E-state index contributed by atoms with van der Waals surface area (Å²) in [6, 6.07) is 20.1. The quantitative estimate of drug-likeness (QED) is 0.573. The Morgan fingerprint density at radius 3 is 2.15 bits per heavy atom. The molecule has 0 bridgehead atoms. The zero-order chi connectivity index (χ0) is 14.0. The van der Waals surface area contributed by atoms with E-state index in [1.54, 1.807) is 0 Å². The molecule has 2 aromatic carbocycles. The molecule has 0 aliphatic heterocycles. The van der Waals surface area contributed by atoms with Crippen molar-refractivity contribution in [2.75, 3.05) is 6.54 Å². The molecule has 0 saturated carbocycles. The maximum Gasteiger partial charge on any atom is 0.0933 e. The van der Waals surface area contributed by atoms with Gasteiger partial charge in [-0.05, 0) is 24.0 Å². The molecule has 0 aliphatic carbocycles. The average Bonchev–Trinajstić information content (AvgIpc) is 2.52. The molecule has 20 heavy (non-hydrogen) atoms. The van der Waals surface area contributed by atoms with Crippen molar-refractivity contribution in [2.24, 2.45) is 0 Å². The van der Waals surface area contributed by atoms with Gasteiger partial charge in [-0.25, -0.2) is 0 Å². The monoisotopic (exact) mass is 271 g/mol. The van der Waals surface area contributed by atoms with Gasteiger partial charge in [-0.15, -0.1) is 0 Å². The summed E-state index contributed by atoms with van der Waals surface area (Å²) in [5.41, 5.74) is 5.18. The van der Waals surface area contributed by atoms with E-state index in [9.17, 15) is 5.11 Å². The summed E-state index contributed by atoms with van der Waals surface area (Å²) in [7, 11) is 0. The fourth-order valence-electron chi connectivity index (χ4n) is 1.94. The highest BCUT2D eigenvalue weighted by molar-refractivity contribution is 5.15. The Morgan fingerprint density at radius 2 is 1.50 bits per heavy atom. The summed E-state index contributed by atoms with van der Waals surface area (Å²) in [5.74, 6) is 0. The van der Waals surface area contributed by atoms with E-state index in [2.05, 4.69) is 17.6 Å². The van der Waals surface area contributed by atoms with E-state index in [1.165, 1.54) is 5.56 Å². The third kappa shape index (κ3) is 5.53. The minimum Gasteiger partial charge on any atom is -0.392 e. The highest BCUT2D eigenvalue weighted by Gasteiger charge is 2.04. The van der Waals surface area contributed by atoms with Crippen LogP contribution in [-0.2, 0) is 17.9 Å². The minimum atomic E-state index is -0.397. The lowest BCUT2D eigenvalue weighted by molar-refractivity contribution is 0.00179. The Kier molecular flexibility index (Phi) is 6.24. The van der Waals surface area contributed by atoms with Crippen molar-refractivity contribution in [3.8, 4) is 0 Å². The number of aliphatic hydroxyl groups excluding tert-OH is 1. The first-order valence-electron chi connectivity index (χ1n) is 6.95. The van der Waals surface area contributed by atoms with Gasteiger partial charge in [0.05, 0.1) is 12.7 Å². The van der Waals surface area contributed by atoms with Gasteiger partial charge in [0.1, 0.15) is 0 Å². The van der Waals surface area contributed by atoms with Crippen molar-refractivity contribution in [1.82, 2.24) is 5.48 Å². The fourth-order valence-corrected chi connectivity index (χ4v) is 1.94. The summed E-state index contributed by atoms with van der Waals surface area (Å²) in [6.07, 6.45) is 1.21. The Bertz CT molecular complexity index is 473. The minimum absolute atomic E-state index is 0.397. The van der Waals surface area contributed by atoms with Crippen LogP contribution in [0.1, 0.15) is 17.5 Å². The largest absolute Gasteiger partial charge is 0.392 e. The van der Waals surface area contributed by atoms with Crippen LogP contribution in [0.2, 0.25) is 0 Å². The van der Waals surface area contributed by atoms with Crippen molar-refractivity contribution in [1.29, 1.82) is 0 Å². The topological polar surface area (TPSA) is 41.5 Å². The highest BCUT2D eigenvalue weighted by atomic mass is 16.6. The predicted octanol–water partition coefficient (Wildman–Crippen LogP) is 2.70.